The van der Waals surface area contributed by atoms with Crippen LogP contribution in [0.3, 0.4) is 0 Å². The number of nitrogens with one attached hydrogen (secondary N) is 1. The molecule has 0 saturated heterocycles. The van der Waals surface area contributed by atoms with E-state index in [1.807, 2.05) is 0 Å². The van der Waals surface area contributed by atoms with E-state index in [9.17, 15) is 10.1 Å². The molecule has 0 amide bonds. The Kier molecular flexibility index (Phi) is 3.44. The van der Waals surface area contributed by atoms with Gasteiger partial charge in [0.1, 0.15) is 5.69 Å². The third-order valence-corrected chi connectivity index (χ3v) is 3.51. The van der Waals surface area contributed by atoms with Crippen LogP contribution >= 0.6 is 22.9 Å². The fraction of sp³-hybridized carbons (Fsp3) is 0.200. The van der Waals surface area contributed by atoms with Crippen LogP contribution in [0.2, 0.25) is 4.34 Å². The Morgan fingerprint density at radius 2 is 2.17 bits per heavy atom. The van der Waals surface area contributed by atoms with E-state index in [2.05, 4.69) is 15.3 Å². The fourth-order valence-corrected chi connectivity index (χ4v) is 2.54. The monoisotopic (exact) mass is 284 g/mol. The van der Waals surface area contributed by atoms with Crippen LogP contribution in [0, 0.1) is 17.0 Å². The van der Waals surface area contributed by atoms with Crippen molar-refractivity contribution in [3.05, 3.63) is 32.3 Å². The molecule has 2 heterocycles. The first-order chi connectivity index (χ1) is 8.52. The van der Waals surface area contributed by atoms with Crippen LogP contribution in [0.5, 0.6) is 0 Å². The topological polar surface area (TPSA) is 81.0 Å². The molecule has 1 N–H and O–H groups in total. The van der Waals surface area contributed by atoms with Crippen molar-refractivity contribution in [2.45, 2.75) is 6.92 Å². The van der Waals surface area contributed by atoms with Crippen LogP contribution in [0.4, 0.5) is 11.6 Å². The predicted octanol–water partition coefficient (Wildman–Crippen LogP) is 3.12. The van der Waals surface area contributed by atoms with Gasteiger partial charge in [0.25, 0.3) is 0 Å². The first kappa shape index (κ1) is 12.7. The van der Waals surface area contributed by atoms with Gasteiger partial charge in [-0.25, -0.2) is 9.97 Å². The molecular formula is C10H9ClN4O2S. The van der Waals surface area contributed by atoms with Crippen LogP contribution in [-0.2, 0) is 0 Å². The maximum absolute atomic E-state index is 11.1. The van der Waals surface area contributed by atoms with E-state index in [4.69, 9.17) is 11.6 Å². The van der Waals surface area contributed by atoms with Crippen LogP contribution in [0.25, 0.3) is 10.6 Å². The van der Waals surface area contributed by atoms with Gasteiger partial charge in [-0.2, -0.15) is 0 Å². The van der Waals surface area contributed by atoms with Crippen LogP contribution in [-0.4, -0.2) is 21.9 Å². The highest BCUT2D eigenvalue weighted by Gasteiger charge is 2.24. The summed E-state index contributed by atoms with van der Waals surface area (Å²) < 4.78 is 0.557. The van der Waals surface area contributed by atoms with Crippen molar-refractivity contribution in [1.82, 2.24) is 9.97 Å². The van der Waals surface area contributed by atoms with Gasteiger partial charge in [0.15, 0.2) is 5.69 Å². The summed E-state index contributed by atoms with van der Waals surface area (Å²) in [6.45, 7) is 1.58. The molecule has 2 rings (SSSR count). The van der Waals surface area contributed by atoms with E-state index in [-0.39, 0.29) is 11.4 Å². The molecule has 0 radical (unpaired) electrons. The van der Waals surface area contributed by atoms with Gasteiger partial charge in [0.2, 0.25) is 5.95 Å². The quantitative estimate of drug-likeness (QED) is 0.692. The smallest absolute Gasteiger partial charge is 0.317 e. The lowest BCUT2D eigenvalue weighted by Gasteiger charge is -2.05. The number of thiophene rings is 1. The summed E-state index contributed by atoms with van der Waals surface area (Å²) in [4.78, 5) is 19.4. The highest BCUT2D eigenvalue weighted by atomic mass is 35.5. The first-order valence-electron chi connectivity index (χ1n) is 4.99. The summed E-state index contributed by atoms with van der Waals surface area (Å²) in [5.41, 5.74) is 0.514. The number of halogens is 1. The molecule has 2 aromatic heterocycles. The lowest BCUT2D eigenvalue weighted by molar-refractivity contribution is -0.385. The number of hydrogen-bond acceptors (Lipinski definition) is 6. The second kappa shape index (κ2) is 4.87. The van der Waals surface area contributed by atoms with E-state index in [1.54, 1.807) is 26.1 Å². The van der Waals surface area contributed by atoms with Gasteiger partial charge >= 0.3 is 5.69 Å². The molecule has 0 bridgehead atoms. The van der Waals surface area contributed by atoms with Crippen molar-refractivity contribution in [2.75, 3.05) is 12.4 Å². The maximum Gasteiger partial charge on any atom is 0.317 e. The van der Waals surface area contributed by atoms with Crippen molar-refractivity contribution in [3.8, 4) is 10.6 Å². The number of aromatic nitrogens is 2. The lowest BCUT2D eigenvalue weighted by atomic mass is 10.2. The van der Waals surface area contributed by atoms with Crippen LogP contribution < -0.4 is 5.32 Å². The Balaban J connectivity index is 2.70. The fourth-order valence-electron chi connectivity index (χ4n) is 1.51. The minimum Gasteiger partial charge on any atom is -0.357 e. The molecule has 0 fully saturated rings. The summed E-state index contributed by atoms with van der Waals surface area (Å²) >= 11 is 7.09. The van der Waals surface area contributed by atoms with E-state index in [0.29, 0.717) is 20.9 Å². The summed E-state index contributed by atoms with van der Waals surface area (Å²) in [5.74, 6) is 0.345. The lowest BCUT2D eigenvalue weighted by Crippen LogP contribution is -2.04. The van der Waals surface area contributed by atoms with Crippen molar-refractivity contribution in [2.24, 2.45) is 0 Å². The van der Waals surface area contributed by atoms with Gasteiger partial charge in [-0.15, -0.1) is 11.3 Å². The molecule has 0 aliphatic heterocycles. The number of hydrogen-bond donors (Lipinski definition) is 1. The molecule has 0 saturated carbocycles. The molecular weight excluding hydrogens is 276 g/mol. The molecule has 2 aromatic rings. The summed E-state index contributed by atoms with van der Waals surface area (Å²) in [6.07, 6.45) is 0. The van der Waals surface area contributed by atoms with Gasteiger partial charge < -0.3 is 5.32 Å². The third-order valence-electron chi connectivity index (χ3n) is 2.27. The van der Waals surface area contributed by atoms with E-state index in [0.717, 1.165) is 0 Å². The highest BCUT2D eigenvalue weighted by molar-refractivity contribution is 7.19. The Morgan fingerprint density at radius 3 is 2.67 bits per heavy atom. The van der Waals surface area contributed by atoms with Crippen molar-refractivity contribution in [1.29, 1.82) is 0 Å². The maximum atomic E-state index is 11.1. The van der Waals surface area contributed by atoms with Crippen LogP contribution in [0.15, 0.2) is 12.1 Å². The van der Waals surface area contributed by atoms with E-state index in [1.165, 1.54) is 11.3 Å². The molecule has 0 aliphatic rings. The summed E-state index contributed by atoms with van der Waals surface area (Å²) in [6, 6.07) is 3.39. The predicted molar refractivity (Wildman–Crippen MR) is 71.3 cm³/mol. The molecule has 6 nitrogen and oxygen atoms in total. The van der Waals surface area contributed by atoms with Gasteiger partial charge in [-0.05, 0) is 19.1 Å². The normalized spacial score (nSPS) is 10.4. The largest absolute Gasteiger partial charge is 0.357 e. The third kappa shape index (κ3) is 2.27. The summed E-state index contributed by atoms with van der Waals surface area (Å²) in [7, 11) is 1.66. The number of nitrogens with zero attached hydrogens (tertiary/aromatic N) is 3. The molecule has 18 heavy (non-hydrogen) atoms. The SMILES string of the molecule is CNc1nc(C)c([N+](=O)[O-])c(-c2ccc(Cl)s2)n1. The van der Waals surface area contributed by atoms with Crippen molar-refractivity contribution < 1.29 is 4.92 Å². The number of rotatable bonds is 3. The Labute approximate surface area is 112 Å². The molecule has 0 spiro atoms. The Bertz CT molecular complexity index is 614. The van der Waals surface area contributed by atoms with Crippen molar-refractivity contribution >= 4 is 34.6 Å². The molecule has 0 atom stereocenters. The standard InChI is InChI=1S/C10H9ClN4O2S/c1-5-9(15(16)17)8(14-10(12-2)13-5)6-3-4-7(11)18-6/h3-4H,1-2H3,(H,12,13,14). The average Bonchev–Trinajstić information content (AvgIpc) is 2.74. The summed E-state index contributed by atoms with van der Waals surface area (Å²) in [5, 5.41) is 13.9. The molecule has 94 valence electrons. The zero-order chi connectivity index (χ0) is 13.3. The van der Waals surface area contributed by atoms with Gasteiger partial charge in [0.05, 0.1) is 14.1 Å². The number of aryl methyl sites for hydroxylation is 1. The molecule has 0 aliphatic carbocycles. The number of nitro groups is 1. The van der Waals surface area contributed by atoms with Gasteiger partial charge in [0, 0.05) is 7.05 Å². The number of anilines is 1. The molecule has 0 aromatic carbocycles. The second-order valence-electron chi connectivity index (χ2n) is 3.44. The second-order valence-corrected chi connectivity index (χ2v) is 5.16. The minimum atomic E-state index is -0.474. The zero-order valence-electron chi connectivity index (χ0n) is 9.60. The van der Waals surface area contributed by atoms with Crippen LogP contribution in [0.1, 0.15) is 5.69 Å². The van der Waals surface area contributed by atoms with E-state index < -0.39 is 4.92 Å². The highest BCUT2D eigenvalue weighted by Crippen LogP contribution is 2.36. The van der Waals surface area contributed by atoms with E-state index >= 15 is 0 Å². The van der Waals surface area contributed by atoms with Crippen molar-refractivity contribution in [3.63, 3.8) is 0 Å². The minimum absolute atomic E-state index is 0.0903. The Hall–Kier alpha value is -1.73. The van der Waals surface area contributed by atoms with Gasteiger partial charge in [-0.1, -0.05) is 11.6 Å². The average molecular weight is 285 g/mol. The zero-order valence-corrected chi connectivity index (χ0v) is 11.2. The first-order valence-corrected chi connectivity index (χ1v) is 6.19. The molecule has 8 heteroatoms. The Morgan fingerprint density at radius 1 is 1.44 bits per heavy atom. The molecule has 0 unspecified atom stereocenters. The van der Waals surface area contributed by atoms with Gasteiger partial charge in [-0.3, -0.25) is 10.1 Å².